The maximum Gasteiger partial charge on any atom is 0.254 e. The number of nitrogens with zero attached hydrogens (tertiary/aromatic N) is 3. The van der Waals surface area contributed by atoms with Crippen LogP contribution in [0.5, 0.6) is 0 Å². The van der Waals surface area contributed by atoms with Crippen molar-refractivity contribution in [3.63, 3.8) is 0 Å². The number of hydrogen-bond acceptors (Lipinski definition) is 5. The molecule has 0 atom stereocenters. The molecule has 3 N–H and O–H groups in total. The van der Waals surface area contributed by atoms with Gasteiger partial charge in [-0.25, -0.2) is 15.0 Å². The Kier molecular flexibility index (Phi) is 6.30. The molecular formula is C23H22Cl2N6O. The molecule has 3 heterocycles. The van der Waals surface area contributed by atoms with Gasteiger partial charge in [-0.05, 0) is 62.6 Å². The van der Waals surface area contributed by atoms with Gasteiger partial charge in [-0.1, -0.05) is 23.2 Å². The topological polar surface area (TPSA) is 95.6 Å². The minimum absolute atomic E-state index is 0.241. The second-order valence-electron chi connectivity index (χ2n) is 7.64. The van der Waals surface area contributed by atoms with Crippen LogP contribution in [0.4, 0.5) is 11.8 Å². The molecule has 0 aliphatic rings. The zero-order valence-electron chi connectivity index (χ0n) is 17.9. The number of carbonyl (C=O) groups excluding carboxylic acids is 1. The fraction of sp³-hybridized carbons (Fsp3) is 0.217. The molecule has 0 bridgehead atoms. The van der Waals surface area contributed by atoms with Gasteiger partial charge in [0.25, 0.3) is 5.91 Å². The van der Waals surface area contributed by atoms with E-state index in [1.807, 2.05) is 39.0 Å². The highest BCUT2D eigenvalue weighted by Gasteiger charge is 2.13. The second-order valence-corrected chi connectivity index (χ2v) is 8.48. The summed E-state index contributed by atoms with van der Waals surface area (Å²) >= 11 is 12.4. The van der Waals surface area contributed by atoms with Crippen LogP contribution in [-0.2, 0) is 6.42 Å². The third-order valence-corrected chi connectivity index (χ3v) is 5.57. The van der Waals surface area contributed by atoms with Gasteiger partial charge in [-0.15, -0.1) is 0 Å². The molecule has 3 aromatic heterocycles. The molecule has 0 unspecified atom stereocenters. The van der Waals surface area contributed by atoms with Crippen LogP contribution in [0, 0.1) is 20.8 Å². The van der Waals surface area contributed by atoms with Gasteiger partial charge in [-0.2, -0.15) is 0 Å². The van der Waals surface area contributed by atoms with Crippen molar-refractivity contribution in [1.82, 2.24) is 25.3 Å². The lowest BCUT2D eigenvalue weighted by atomic mass is 10.1. The molecule has 7 nitrogen and oxygen atoms in total. The lowest BCUT2D eigenvalue weighted by Gasteiger charge is -2.08. The molecule has 32 heavy (non-hydrogen) atoms. The van der Waals surface area contributed by atoms with Gasteiger partial charge in [0.1, 0.15) is 5.82 Å². The van der Waals surface area contributed by atoms with E-state index in [1.54, 1.807) is 6.07 Å². The van der Waals surface area contributed by atoms with Crippen LogP contribution in [0.3, 0.4) is 0 Å². The number of anilines is 2. The van der Waals surface area contributed by atoms with E-state index >= 15 is 0 Å². The van der Waals surface area contributed by atoms with Gasteiger partial charge in [0.15, 0.2) is 0 Å². The van der Waals surface area contributed by atoms with Crippen molar-refractivity contribution in [1.29, 1.82) is 0 Å². The van der Waals surface area contributed by atoms with Crippen molar-refractivity contribution in [2.75, 3.05) is 11.9 Å². The highest BCUT2D eigenvalue weighted by atomic mass is 35.5. The Balaban J connectivity index is 1.39. The molecule has 164 valence electrons. The number of aromatic amines is 1. The predicted octanol–water partition coefficient (Wildman–Crippen LogP) is 5.30. The van der Waals surface area contributed by atoms with Crippen molar-refractivity contribution in [2.24, 2.45) is 0 Å². The first-order valence-corrected chi connectivity index (χ1v) is 10.8. The number of rotatable bonds is 6. The summed E-state index contributed by atoms with van der Waals surface area (Å²) in [5.74, 6) is 0.797. The lowest BCUT2D eigenvalue weighted by Crippen LogP contribution is -2.26. The highest BCUT2D eigenvalue weighted by Crippen LogP contribution is 2.31. The number of carbonyl (C=O) groups is 1. The minimum Gasteiger partial charge on any atom is -0.357 e. The number of aryl methyl sites for hydroxylation is 3. The van der Waals surface area contributed by atoms with E-state index in [-0.39, 0.29) is 5.91 Å². The highest BCUT2D eigenvalue weighted by molar-refractivity contribution is 6.38. The van der Waals surface area contributed by atoms with E-state index in [0.29, 0.717) is 40.3 Å². The van der Waals surface area contributed by atoms with Gasteiger partial charge in [-0.3, -0.25) is 4.79 Å². The van der Waals surface area contributed by atoms with Crippen molar-refractivity contribution >= 4 is 51.8 Å². The maximum atomic E-state index is 12.5. The van der Waals surface area contributed by atoms with Gasteiger partial charge in [0.2, 0.25) is 5.95 Å². The quantitative estimate of drug-likeness (QED) is 0.356. The Morgan fingerprint density at radius 1 is 1.06 bits per heavy atom. The van der Waals surface area contributed by atoms with Crippen LogP contribution >= 0.6 is 23.2 Å². The number of halogens is 2. The van der Waals surface area contributed by atoms with E-state index in [1.165, 1.54) is 12.4 Å². The number of amides is 1. The van der Waals surface area contributed by atoms with Crippen LogP contribution in [0.15, 0.2) is 36.7 Å². The second kappa shape index (κ2) is 9.14. The molecule has 0 fully saturated rings. The Bertz CT molecular complexity index is 1280. The molecule has 1 amide bonds. The minimum atomic E-state index is -0.241. The lowest BCUT2D eigenvalue weighted by molar-refractivity contribution is 0.0953. The summed E-state index contributed by atoms with van der Waals surface area (Å²) in [4.78, 5) is 28.7. The fourth-order valence-electron chi connectivity index (χ4n) is 3.66. The molecule has 9 heteroatoms. The first-order chi connectivity index (χ1) is 15.3. The van der Waals surface area contributed by atoms with Gasteiger partial charge >= 0.3 is 0 Å². The largest absolute Gasteiger partial charge is 0.357 e. The Labute approximate surface area is 195 Å². The summed E-state index contributed by atoms with van der Waals surface area (Å²) < 4.78 is 0. The van der Waals surface area contributed by atoms with E-state index in [4.69, 9.17) is 23.2 Å². The van der Waals surface area contributed by atoms with E-state index < -0.39 is 0 Å². The fourth-order valence-corrected chi connectivity index (χ4v) is 4.20. The zero-order valence-corrected chi connectivity index (χ0v) is 19.4. The van der Waals surface area contributed by atoms with Crippen molar-refractivity contribution in [3.05, 3.63) is 74.8 Å². The zero-order chi connectivity index (χ0) is 22.8. The van der Waals surface area contributed by atoms with E-state index in [2.05, 4.69) is 30.6 Å². The Morgan fingerprint density at radius 2 is 1.81 bits per heavy atom. The standard InChI is InChI=1S/C23H22Cl2N6O/c1-12-6-13(2)29-20(7-12)31-23-27-10-15(11-28-23)22(32)26-5-4-17-14(3)30-21-18(17)8-16(24)9-19(21)25/h6-11,30H,4-5H2,1-3H3,(H,26,32)(H,27,28,29,31). The van der Waals surface area contributed by atoms with Gasteiger partial charge in [0.05, 0.1) is 16.1 Å². The predicted molar refractivity (Wildman–Crippen MR) is 128 cm³/mol. The smallest absolute Gasteiger partial charge is 0.254 e. The van der Waals surface area contributed by atoms with E-state index in [0.717, 1.165) is 33.4 Å². The average Bonchev–Trinajstić information content (AvgIpc) is 3.03. The number of nitrogens with one attached hydrogen (secondary N) is 3. The van der Waals surface area contributed by atoms with Gasteiger partial charge in [0, 0.05) is 40.7 Å². The molecule has 1 aromatic carbocycles. The number of H-pyrrole nitrogens is 1. The summed E-state index contributed by atoms with van der Waals surface area (Å²) in [6.07, 6.45) is 3.61. The normalized spacial score (nSPS) is 11.0. The summed E-state index contributed by atoms with van der Waals surface area (Å²) in [6, 6.07) is 7.49. The third-order valence-electron chi connectivity index (χ3n) is 5.06. The number of benzene rings is 1. The first kappa shape index (κ1) is 22.0. The molecule has 0 aliphatic carbocycles. The number of pyridine rings is 1. The monoisotopic (exact) mass is 468 g/mol. The van der Waals surface area contributed by atoms with Crippen LogP contribution in [0.25, 0.3) is 10.9 Å². The van der Waals surface area contributed by atoms with Crippen molar-refractivity contribution < 1.29 is 4.79 Å². The molecule has 4 rings (SSSR count). The van der Waals surface area contributed by atoms with Crippen LogP contribution < -0.4 is 10.6 Å². The Hall–Kier alpha value is -3.16. The average molecular weight is 469 g/mol. The van der Waals surface area contributed by atoms with Crippen LogP contribution in [-0.4, -0.2) is 32.4 Å². The van der Waals surface area contributed by atoms with E-state index in [9.17, 15) is 4.79 Å². The SMILES string of the molecule is Cc1cc(C)nc(Nc2ncc(C(=O)NCCc3c(C)[nH]c4c(Cl)cc(Cl)cc34)cn2)c1. The molecule has 0 saturated heterocycles. The van der Waals surface area contributed by atoms with Gasteiger partial charge < -0.3 is 15.6 Å². The number of hydrogen-bond donors (Lipinski definition) is 3. The number of fused-ring (bicyclic) bond motifs is 1. The van der Waals surface area contributed by atoms with Crippen molar-refractivity contribution in [3.8, 4) is 0 Å². The summed E-state index contributed by atoms with van der Waals surface area (Å²) in [6.45, 7) is 6.34. The van der Waals surface area contributed by atoms with Crippen LogP contribution in [0.1, 0.15) is 32.9 Å². The van der Waals surface area contributed by atoms with Crippen LogP contribution in [0.2, 0.25) is 10.0 Å². The number of aromatic nitrogens is 4. The molecule has 0 saturated carbocycles. The summed E-state index contributed by atoms with van der Waals surface area (Å²) in [5.41, 5.74) is 5.29. The maximum absolute atomic E-state index is 12.5. The van der Waals surface area contributed by atoms with Crippen molar-refractivity contribution in [2.45, 2.75) is 27.2 Å². The molecule has 0 aliphatic heterocycles. The Morgan fingerprint density at radius 3 is 2.53 bits per heavy atom. The molecule has 0 radical (unpaired) electrons. The molecule has 4 aromatic rings. The molecular weight excluding hydrogens is 447 g/mol. The molecule has 0 spiro atoms. The third kappa shape index (κ3) is 4.84. The summed E-state index contributed by atoms with van der Waals surface area (Å²) in [5, 5.41) is 8.09. The summed E-state index contributed by atoms with van der Waals surface area (Å²) in [7, 11) is 0. The first-order valence-electron chi connectivity index (χ1n) is 10.1.